The first-order chi connectivity index (χ1) is 14.5. The summed E-state index contributed by atoms with van der Waals surface area (Å²) in [5.74, 6) is 0.657. The van der Waals surface area contributed by atoms with Crippen molar-refractivity contribution in [3.63, 3.8) is 0 Å². The summed E-state index contributed by atoms with van der Waals surface area (Å²) >= 11 is 5.53. The number of pyridine rings is 1. The molecule has 2 amide bonds. The van der Waals surface area contributed by atoms with Crippen molar-refractivity contribution in [1.29, 1.82) is 0 Å². The third-order valence-corrected chi connectivity index (χ3v) is 7.38. The summed E-state index contributed by atoms with van der Waals surface area (Å²) in [7, 11) is 0. The van der Waals surface area contributed by atoms with E-state index in [1.54, 1.807) is 9.80 Å². The number of thiocarbonyl (C=S) groups is 1. The normalized spacial score (nSPS) is 23.2. The number of hydrogen-bond acceptors (Lipinski definition) is 5. The minimum atomic E-state index is -1.13. The summed E-state index contributed by atoms with van der Waals surface area (Å²) in [6.07, 6.45) is 3.24. The second-order valence-corrected chi connectivity index (χ2v) is 8.76. The van der Waals surface area contributed by atoms with E-state index in [4.69, 9.17) is 17.2 Å². The van der Waals surface area contributed by atoms with E-state index < -0.39 is 5.41 Å². The van der Waals surface area contributed by atoms with Crippen molar-refractivity contribution < 1.29 is 9.59 Å². The van der Waals surface area contributed by atoms with E-state index in [0.717, 1.165) is 48.1 Å². The lowest BCUT2D eigenvalue weighted by molar-refractivity contribution is -0.159. The van der Waals surface area contributed by atoms with Gasteiger partial charge < -0.3 is 4.90 Å². The maximum Gasteiger partial charge on any atom is 0.246 e. The molecule has 1 aromatic heterocycles. The van der Waals surface area contributed by atoms with E-state index in [-0.39, 0.29) is 17.9 Å². The molecular weight excluding hydrogens is 396 g/mol. The maximum absolute atomic E-state index is 13.9. The Morgan fingerprint density at radius 3 is 2.50 bits per heavy atom. The first-order valence-electron chi connectivity index (χ1n) is 10.9. The van der Waals surface area contributed by atoms with E-state index in [1.807, 2.05) is 38.1 Å². The Balaban J connectivity index is 1.73. The van der Waals surface area contributed by atoms with Crippen molar-refractivity contribution in [1.82, 2.24) is 14.8 Å². The van der Waals surface area contributed by atoms with Crippen LogP contribution in [0.2, 0.25) is 0 Å². The molecule has 30 heavy (non-hydrogen) atoms. The Hall–Kier alpha value is -2.54. The SMILES string of the molecule is CCN1C(=O)C2(Cc3cc4ccccc4nc3N3CCCCC32)C(=O)N(CC)C1=S. The molecule has 1 unspecified atom stereocenters. The minimum Gasteiger partial charge on any atom is -0.352 e. The van der Waals surface area contributed by atoms with E-state index >= 15 is 0 Å². The summed E-state index contributed by atoms with van der Waals surface area (Å²) < 4.78 is 0. The highest BCUT2D eigenvalue weighted by molar-refractivity contribution is 7.80. The summed E-state index contributed by atoms with van der Waals surface area (Å²) in [5, 5.41) is 1.37. The summed E-state index contributed by atoms with van der Waals surface area (Å²) in [6.45, 7) is 5.60. The zero-order valence-corrected chi connectivity index (χ0v) is 18.2. The van der Waals surface area contributed by atoms with Crippen molar-refractivity contribution in [2.45, 2.75) is 45.6 Å². The van der Waals surface area contributed by atoms with Crippen LogP contribution in [-0.2, 0) is 16.0 Å². The Morgan fingerprint density at radius 1 is 1.10 bits per heavy atom. The van der Waals surface area contributed by atoms with E-state index in [0.29, 0.717) is 24.6 Å². The largest absolute Gasteiger partial charge is 0.352 e. The van der Waals surface area contributed by atoms with Crippen molar-refractivity contribution >= 4 is 45.9 Å². The number of anilines is 1. The molecule has 0 bridgehead atoms. The second kappa shape index (κ2) is 7.01. The zero-order chi connectivity index (χ0) is 21.0. The Bertz CT molecular complexity index is 1040. The van der Waals surface area contributed by atoms with Crippen LogP contribution in [0.5, 0.6) is 0 Å². The molecular formula is C23H26N4O2S. The van der Waals surface area contributed by atoms with Gasteiger partial charge in [-0.2, -0.15) is 0 Å². The van der Waals surface area contributed by atoms with Gasteiger partial charge in [0.1, 0.15) is 5.82 Å². The molecule has 2 aromatic rings. The van der Waals surface area contributed by atoms with Crippen LogP contribution in [0.3, 0.4) is 0 Å². The summed E-state index contributed by atoms with van der Waals surface area (Å²) in [6, 6.07) is 9.97. The van der Waals surface area contributed by atoms with Crippen LogP contribution in [0.4, 0.5) is 5.82 Å². The fourth-order valence-corrected chi connectivity index (χ4v) is 5.95. The quantitative estimate of drug-likeness (QED) is 0.550. The maximum atomic E-state index is 13.9. The number of benzene rings is 1. The van der Waals surface area contributed by atoms with Gasteiger partial charge >= 0.3 is 0 Å². The molecule has 1 spiro atoms. The molecule has 3 aliphatic rings. The number of para-hydroxylation sites is 1. The number of fused-ring (bicyclic) bond motifs is 5. The smallest absolute Gasteiger partial charge is 0.246 e. The highest BCUT2D eigenvalue weighted by atomic mass is 32.1. The van der Waals surface area contributed by atoms with Gasteiger partial charge in [0, 0.05) is 31.4 Å². The molecule has 2 fully saturated rings. The van der Waals surface area contributed by atoms with Crippen LogP contribution in [0.15, 0.2) is 30.3 Å². The molecule has 1 atom stereocenters. The van der Waals surface area contributed by atoms with Gasteiger partial charge in [0.15, 0.2) is 10.5 Å². The zero-order valence-electron chi connectivity index (χ0n) is 17.4. The lowest BCUT2D eigenvalue weighted by atomic mass is 9.66. The topological polar surface area (TPSA) is 56.8 Å². The Kier molecular flexibility index (Phi) is 4.54. The van der Waals surface area contributed by atoms with Crippen molar-refractivity contribution in [2.24, 2.45) is 5.41 Å². The average Bonchev–Trinajstić information content (AvgIpc) is 2.77. The van der Waals surface area contributed by atoms with Gasteiger partial charge in [-0.15, -0.1) is 0 Å². The van der Waals surface area contributed by atoms with Crippen LogP contribution in [0, 0.1) is 5.41 Å². The lowest BCUT2D eigenvalue weighted by Crippen LogP contribution is -2.73. The van der Waals surface area contributed by atoms with Crippen LogP contribution in [0.25, 0.3) is 10.9 Å². The van der Waals surface area contributed by atoms with E-state index in [9.17, 15) is 9.59 Å². The molecule has 7 heteroatoms. The molecule has 0 saturated carbocycles. The monoisotopic (exact) mass is 422 g/mol. The van der Waals surface area contributed by atoms with Crippen LogP contribution in [0.1, 0.15) is 38.7 Å². The van der Waals surface area contributed by atoms with Crippen molar-refractivity contribution in [3.05, 3.63) is 35.9 Å². The minimum absolute atomic E-state index is 0.139. The van der Waals surface area contributed by atoms with Crippen molar-refractivity contribution in [2.75, 3.05) is 24.5 Å². The second-order valence-electron chi connectivity index (χ2n) is 8.40. The molecule has 0 radical (unpaired) electrons. The summed E-state index contributed by atoms with van der Waals surface area (Å²) in [5.41, 5.74) is 0.796. The number of rotatable bonds is 2. The van der Waals surface area contributed by atoms with Crippen LogP contribution >= 0.6 is 12.2 Å². The van der Waals surface area contributed by atoms with Gasteiger partial charge in [-0.05, 0) is 63.0 Å². The molecule has 1 aromatic carbocycles. The van der Waals surface area contributed by atoms with Crippen molar-refractivity contribution in [3.8, 4) is 0 Å². The highest BCUT2D eigenvalue weighted by Gasteiger charge is 2.63. The number of piperidine rings is 1. The number of aromatic nitrogens is 1. The Labute approximate surface area is 181 Å². The van der Waals surface area contributed by atoms with Gasteiger partial charge in [-0.1, -0.05) is 18.2 Å². The van der Waals surface area contributed by atoms with Gasteiger partial charge in [0.05, 0.1) is 11.6 Å². The fourth-order valence-electron chi connectivity index (χ4n) is 5.53. The predicted octanol–water partition coefficient (Wildman–Crippen LogP) is 3.13. The number of carbonyl (C=O) groups is 2. The number of carbonyl (C=O) groups excluding carboxylic acids is 2. The molecule has 0 N–H and O–H groups in total. The first kappa shape index (κ1) is 19.4. The molecule has 156 valence electrons. The highest BCUT2D eigenvalue weighted by Crippen LogP contribution is 2.48. The van der Waals surface area contributed by atoms with Gasteiger partial charge in [-0.25, -0.2) is 4.98 Å². The first-order valence-corrected chi connectivity index (χ1v) is 11.3. The molecule has 0 aliphatic carbocycles. The Morgan fingerprint density at radius 2 is 1.80 bits per heavy atom. The molecule has 5 rings (SSSR count). The van der Waals surface area contributed by atoms with Gasteiger partial charge in [0.25, 0.3) is 0 Å². The number of amides is 2. The molecule has 4 heterocycles. The number of hydrogen-bond donors (Lipinski definition) is 0. The van der Waals surface area contributed by atoms with E-state index in [1.165, 1.54) is 0 Å². The van der Waals surface area contributed by atoms with Gasteiger partial charge in [0.2, 0.25) is 11.8 Å². The third kappa shape index (κ3) is 2.47. The van der Waals surface area contributed by atoms with Crippen LogP contribution in [-0.4, -0.2) is 57.4 Å². The molecule has 3 aliphatic heterocycles. The van der Waals surface area contributed by atoms with Crippen LogP contribution < -0.4 is 4.90 Å². The molecule has 6 nitrogen and oxygen atoms in total. The van der Waals surface area contributed by atoms with E-state index in [2.05, 4.69) is 11.0 Å². The molecule has 2 saturated heterocycles. The van der Waals surface area contributed by atoms with Gasteiger partial charge in [-0.3, -0.25) is 19.4 Å². The summed E-state index contributed by atoms with van der Waals surface area (Å²) in [4.78, 5) is 38.2. The lowest BCUT2D eigenvalue weighted by Gasteiger charge is -2.55. The number of nitrogens with zero attached hydrogens (tertiary/aromatic N) is 4. The predicted molar refractivity (Wildman–Crippen MR) is 120 cm³/mol. The fraction of sp³-hybridized carbons (Fsp3) is 0.478. The standard InChI is InChI=1S/C23H26N4O2S/c1-3-25-20(28)23(21(29)26(4-2)22(25)30)14-16-13-15-9-5-6-10-17(15)24-19(16)27-12-8-7-11-18(23)27/h5-6,9-10,13,18H,3-4,7-8,11-12,14H2,1-2H3. The average molecular weight is 423 g/mol. The third-order valence-electron chi connectivity index (χ3n) is 6.94.